The monoisotopic (exact) mass is 468 g/mol. The first kappa shape index (κ1) is 22.9. The van der Waals surface area contributed by atoms with E-state index >= 15 is 0 Å². The second kappa shape index (κ2) is 8.71. The molecule has 0 spiro atoms. The molecule has 2 atom stereocenters. The Bertz CT molecular complexity index is 464. The number of methoxy groups -OCH3 is 1. The molecule has 1 aliphatic heterocycles. The Morgan fingerprint density at radius 2 is 1.88 bits per heavy atom. The van der Waals surface area contributed by atoms with Gasteiger partial charge >= 0.3 is 0 Å². The number of hydrogen-bond donors (Lipinski definition) is 2. The summed E-state index contributed by atoms with van der Waals surface area (Å²) in [5.41, 5.74) is 0.0628. The van der Waals surface area contributed by atoms with Crippen LogP contribution in [0.1, 0.15) is 41.0 Å². The fraction of sp³-hybridized carbons (Fsp3) is 0.944. The summed E-state index contributed by atoms with van der Waals surface area (Å²) < 4.78 is 11.2. The van der Waals surface area contributed by atoms with Crippen LogP contribution in [0.4, 0.5) is 0 Å². The van der Waals surface area contributed by atoms with Gasteiger partial charge in [0.1, 0.15) is 0 Å². The highest BCUT2D eigenvalue weighted by atomic mass is 127. The largest absolute Gasteiger partial charge is 0.379 e. The van der Waals surface area contributed by atoms with E-state index in [0.29, 0.717) is 6.04 Å². The molecule has 0 bridgehead atoms. The number of guanidine groups is 1. The van der Waals surface area contributed by atoms with Crippen LogP contribution in [0.3, 0.4) is 0 Å². The number of morpholine rings is 1. The maximum Gasteiger partial charge on any atom is 0.191 e. The number of hydrogen-bond acceptors (Lipinski definition) is 4. The average Bonchev–Trinajstić information content (AvgIpc) is 2.58. The second-order valence-electron chi connectivity index (χ2n) is 8.40. The zero-order chi connectivity index (χ0) is 18.0. The van der Waals surface area contributed by atoms with E-state index in [4.69, 9.17) is 9.47 Å². The predicted octanol–water partition coefficient (Wildman–Crippen LogP) is 2.08. The molecule has 2 rings (SSSR count). The third kappa shape index (κ3) is 4.78. The molecular formula is C18H37IN4O2. The Hall–Kier alpha value is -0.120. The fourth-order valence-electron chi connectivity index (χ4n) is 3.66. The molecule has 2 aliphatic rings. The normalized spacial score (nSPS) is 30.2. The molecule has 2 unspecified atom stereocenters. The quantitative estimate of drug-likeness (QED) is 0.368. The van der Waals surface area contributed by atoms with Crippen LogP contribution in [0.5, 0.6) is 0 Å². The van der Waals surface area contributed by atoms with Gasteiger partial charge in [0.25, 0.3) is 0 Å². The van der Waals surface area contributed by atoms with E-state index in [-0.39, 0.29) is 40.5 Å². The molecule has 148 valence electrons. The van der Waals surface area contributed by atoms with Crippen LogP contribution in [0, 0.1) is 5.41 Å². The summed E-state index contributed by atoms with van der Waals surface area (Å²) >= 11 is 0. The lowest BCUT2D eigenvalue weighted by Crippen LogP contribution is -2.70. The topological polar surface area (TPSA) is 58.1 Å². The summed E-state index contributed by atoms with van der Waals surface area (Å²) in [7, 11) is 3.63. The van der Waals surface area contributed by atoms with Crippen LogP contribution >= 0.6 is 24.0 Å². The predicted molar refractivity (Wildman–Crippen MR) is 114 cm³/mol. The first-order valence-electron chi connectivity index (χ1n) is 9.01. The SMILES string of the molecule is CN=C(NCC(C)(C)N1CCOCC1)NC1CC(C)(OC)C1(C)C.I. The number of rotatable bonds is 5. The highest BCUT2D eigenvalue weighted by Gasteiger charge is 2.58. The van der Waals surface area contributed by atoms with Gasteiger partial charge in [0.15, 0.2) is 5.96 Å². The van der Waals surface area contributed by atoms with Gasteiger partial charge in [-0.1, -0.05) is 13.8 Å². The minimum absolute atomic E-state index is 0. The second-order valence-corrected chi connectivity index (χ2v) is 8.40. The molecule has 25 heavy (non-hydrogen) atoms. The van der Waals surface area contributed by atoms with Gasteiger partial charge in [0.05, 0.1) is 18.8 Å². The van der Waals surface area contributed by atoms with Crippen molar-refractivity contribution in [2.24, 2.45) is 10.4 Å². The molecular weight excluding hydrogens is 431 g/mol. The first-order chi connectivity index (χ1) is 11.2. The molecule has 1 saturated carbocycles. The van der Waals surface area contributed by atoms with Crippen molar-refractivity contribution in [3.05, 3.63) is 0 Å². The van der Waals surface area contributed by atoms with Gasteiger partial charge in [0.2, 0.25) is 0 Å². The maximum absolute atomic E-state index is 5.71. The van der Waals surface area contributed by atoms with Crippen LogP contribution in [0.25, 0.3) is 0 Å². The molecule has 1 heterocycles. The zero-order valence-electron chi connectivity index (χ0n) is 16.9. The lowest BCUT2D eigenvalue weighted by molar-refractivity contribution is -0.176. The Balaban J connectivity index is 0.00000312. The number of nitrogens with one attached hydrogen (secondary N) is 2. The summed E-state index contributed by atoms with van der Waals surface area (Å²) in [6, 6.07) is 0.361. The van der Waals surface area contributed by atoms with Gasteiger partial charge in [-0.2, -0.15) is 0 Å². The van der Waals surface area contributed by atoms with E-state index in [1.807, 2.05) is 7.05 Å². The van der Waals surface area contributed by atoms with Gasteiger partial charge in [-0.3, -0.25) is 9.89 Å². The molecule has 0 amide bonds. The molecule has 0 radical (unpaired) electrons. The van der Waals surface area contributed by atoms with Crippen LogP contribution in [-0.2, 0) is 9.47 Å². The Morgan fingerprint density at radius 3 is 2.36 bits per heavy atom. The molecule has 0 aromatic rings. The minimum atomic E-state index is -0.0728. The lowest BCUT2D eigenvalue weighted by atomic mass is 9.56. The Labute approximate surface area is 170 Å². The van der Waals surface area contributed by atoms with Gasteiger partial charge in [0, 0.05) is 50.8 Å². The van der Waals surface area contributed by atoms with E-state index in [9.17, 15) is 0 Å². The van der Waals surface area contributed by atoms with Crippen molar-refractivity contribution in [1.82, 2.24) is 15.5 Å². The van der Waals surface area contributed by atoms with Crippen molar-refractivity contribution in [3.63, 3.8) is 0 Å². The molecule has 2 fully saturated rings. The third-order valence-electron chi connectivity index (χ3n) is 6.37. The summed E-state index contributed by atoms with van der Waals surface area (Å²) in [4.78, 5) is 6.89. The van der Waals surface area contributed by atoms with E-state index in [1.165, 1.54) is 0 Å². The van der Waals surface area contributed by atoms with E-state index in [0.717, 1.165) is 45.2 Å². The molecule has 0 aromatic carbocycles. The van der Waals surface area contributed by atoms with Crippen LogP contribution in [0.15, 0.2) is 4.99 Å². The van der Waals surface area contributed by atoms with Crippen molar-refractivity contribution < 1.29 is 9.47 Å². The third-order valence-corrected chi connectivity index (χ3v) is 6.37. The molecule has 0 aromatic heterocycles. The summed E-state index contributed by atoms with van der Waals surface area (Å²) in [5, 5.41) is 7.08. The van der Waals surface area contributed by atoms with Gasteiger partial charge in [-0.15, -0.1) is 24.0 Å². The summed E-state index contributed by atoms with van der Waals surface area (Å²) in [6.45, 7) is 15.7. The Morgan fingerprint density at radius 1 is 1.28 bits per heavy atom. The fourth-order valence-corrected chi connectivity index (χ4v) is 3.66. The van der Waals surface area contributed by atoms with Gasteiger partial charge < -0.3 is 20.1 Å². The minimum Gasteiger partial charge on any atom is -0.379 e. The van der Waals surface area contributed by atoms with E-state index < -0.39 is 0 Å². The lowest BCUT2D eigenvalue weighted by Gasteiger charge is -2.59. The Kier molecular flexibility index (Phi) is 7.99. The molecule has 1 aliphatic carbocycles. The van der Waals surface area contributed by atoms with Gasteiger partial charge in [-0.05, 0) is 27.2 Å². The molecule has 2 N–H and O–H groups in total. The highest BCUT2D eigenvalue weighted by Crippen LogP contribution is 2.51. The standard InChI is InChI=1S/C18H36N4O2.HI/c1-16(2,22-8-10-24-11-9-22)13-20-15(19-6)21-14-12-18(5,23-7)17(14,3)4;/h14H,8-13H2,1-7H3,(H2,19,20,21);1H. The van der Waals surface area contributed by atoms with E-state index in [1.54, 1.807) is 7.11 Å². The van der Waals surface area contributed by atoms with Crippen molar-refractivity contribution in [1.29, 1.82) is 0 Å². The molecule has 6 nitrogen and oxygen atoms in total. The average molecular weight is 468 g/mol. The zero-order valence-corrected chi connectivity index (χ0v) is 19.3. The van der Waals surface area contributed by atoms with Crippen molar-refractivity contribution in [2.75, 3.05) is 47.0 Å². The smallest absolute Gasteiger partial charge is 0.191 e. The summed E-state index contributed by atoms with van der Waals surface area (Å²) in [6.07, 6.45) is 0.990. The first-order valence-corrected chi connectivity index (χ1v) is 9.01. The number of ether oxygens (including phenoxy) is 2. The van der Waals surface area contributed by atoms with Crippen LogP contribution in [0.2, 0.25) is 0 Å². The van der Waals surface area contributed by atoms with E-state index in [2.05, 4.69) is 55.1 Å². The van der Waals surface area contributed by atoms with Gasteiger partial charge in [-0.25, -0.2) is 0 Å². The van der Waals surface area contributed by atoms with Crippen LogP contribution in [-0.4, -0.2) is 75.0 Å². The van der Waals surface area contributed by atoms with Crippen molar-refractivity contribution >= 4 is 29.9 Å². The number of nitrogens with zero attached hydrogens (tertiary/aromatic N) is 2. The summed E-state index contributed by atoms with van der Waals surface area (Å²) in [5.74, 6) is 0.868. The maximum atomic E-state index is 5.71. The van der Waals surface area contributed by atoms with Crippen LogP contribution < -0.4 is 10.6 Å². The highest BCUT2D eigenvalue weighted by molar-refractivity contribution is 14.0. The number of halogens is 1. The van der Waals surface area contributed by atoms with Crippen molar-refractivity contribution in [3.8, 4) is 0 Å². The number of aliphatic imine (C=N–C) groups is 1. The molecule has 1 saturated heterocycles. The van der Waals surface area contributed by atoms with Crippen molar-refractivity contribution in [2.45, 2.75) is 58.2 Å². The molecule has 7 heteroatoms.